The fourth-order valence-electron chi connectivity index (χ4n) is 2.28. The van der Waals surface area contributed by atoms with E-state index in [0.717, 1.165) is 5.92 Å². The van der Waals surface area contributed by atoms with Gasteiger partial charge in [-0.3, -0.25) is 0 Å². The van der Waals surface area contributed by atoms with E-state index in [1.807, 2.05) is 0 Å². The molecule has 0 amide bonds. The normalized spacial score (nSPS) is 14.9. The Morgan fingerprint density at radius 3 is 2.47 bits per heavy atom. The molecule has 0 aromatic carbocycles. The number of halogens is 2. The molecule has 1 N–H and O–H groups in total. The number of unbranched alkanes of at least 4 members (excludes halogenated alkanes) is 1. The maximum atomic E-state index is 3.67. The van der Waals surface area contributed by atoms with Crippen LogP contribution in [-0.2, 0) is 0 Å². The van der Waals surface area contributed by atoms with E-state index < -0.39 is 0 Å². The van der Waals surface area contributed by atoms with Gasteiger partial charge in [0.05, 0.1) is 7.57 Å². The number of hydrogen-bond acceptors (Lipinski definition) is 2. The predicted octanol–water partition coefficient (Wildman–Crippen LogP) is 5.75. The van der Waals surface area contributed by atoms with Crippen LogP contribution in [0.1, 0.15) is 51.1 Å². The van der Waals surface area contributed by atoms with Crippen molar-refractivity contribution in [2.24, 2.45) is 5.92 Å². The lowest BCUT2D eigenvalue weighted by molar-refractivity contribution is 0.339. The van der Waals surface area contributed by atoms with Crippen molar-refractivity contribution in [2.45, 2.75) is 45.6 Å². The van der Waals surface area contributed by atoms with E-state index in [4.69, 9.17) is 0 Å². The van der Waals surface area contributed by atoms with Crippen molar-refractivity contribution in [1.29, 1.82) is 0 Å². The Bertz CT molecular complexity index is 338. The first-order valence-corrected chi connectivity index (χ1v) is 8.66. The molecule has 0 saturated carbocycles. The van der Waals surface area contributed by atoms with Crippen molar-refractivity contribution in [3.63, 3.8) is 0 Å². The fourth-order valence-corrected chi connectivity index (χ4v) is 5.21. The van der Waals surface area contributed by atoms with E-state index in [1.54, 1.807) is 11.3 Å². The van der Waals surface area contributed by atoms with Crippen LogP contribution in [0.15, 0.2) is 13.6 Å². The predicted molar refractivity (Wildman–Crippen MR) is 84.8 cm³/mol. The second-order valence-corrected chi connectivity index (χ2v) is 8.11. The molecule has 0 bridgehead atoms. The number of thiophene rings is 1. The third kappa shape index (κ3) is 4.34. The van der Waals surface area contributed by atoms with Crippen LogP contribution >= 0.6 is 43.2 Å². The molecule has 0 saturated heterocycles. The average molecular weight is 383 g/mol. The van der Waals surface area contributed by atoms with E-state index in [2.05, 4.69) is 64.1 Å². The third-order valence-corrected chi connectivity index (χ3v) is 5.64. The summed E-state index contributed by atoms with van der Waals surface area (Å²) < 4.78 is 2.45. The second kappa shape index (κ2) is 7.93. The molecule has 1 aromatic heterocycles. The third-order valence-electron chi connectivity index (χ3n) is 3.25. The molecule has 4 heteroatoms. The van der Waals surface area contributed by atoms with E-state index in [9.17, 15) is 0 Å². The number of hydrogen-bond donors (Lipinski definition) is 1. The molecule has 0 spiro atoms. The van der Waals surface area contributed by atoms with Gasteiger partial charge < -0.3 is 5.32 Å². The summed E-state index contributed by atoms with van der Waals surface area (Å²) in [6.45, 7) is 4.55. The lowest BCUT2D eigenvalue weighted by Gasteiger charge is -2.26. The minimum absolute atomic E-state index is 0.462. The van der Waals surface area contributed by atoms with E-state index in [0.29, 0.717) is 6.04 Å². The Morgan fingerprint density at radius 2 is 2.06 bits per heavy atom. The largest absolute Gasteiger partial charge is 0.313 e. The van der Waals surface area contributed by atoms with Gasteiger partial charge in [0, 0.05) is 6.04 Å². The molecule has 2 atom stereocenters. The van der Waals surface area contributed by atoms with Crippen molar-refractivity contribution >= 4 is 43.2 Å². The monoisotopic (exact) mass is 381 g/mol. The number of rotatable bonds is 7. The van der Waals surface area contributed by atoms with E-state index >= 15 is 0 Å². The lowest BCUT2D eigenvalue weighted by Crippen LogP contribution is -2.24. The maximum Gasteiger partial charge on any atom is 0.0758 e. The van der Waals surface area contributed by atoms with Gasteiger partial charge in [-0.1, -0.05) is 33.1 Å². The van der Waals surface area contributed by atoms with Crippen molar-refractivity contribution in [2.75, 3.05) is 7.05 Å². The quantitative estimate of drug-likeness (QED) is 0.632. The molecule has 2 unspecified atom stereocenters. The van der Waals surface area contributed by atoms with Gasteiger partial charge in [-0.05, 0) is 62.9 Å². The molecule has 0 radical (unpaired) electrons. The molecule has 0 aliphatic heterocycles. The average Bonchev–Trinajstić information content (AvgIpc) is 2.63. The summed E-state index contributed by atoms with van der Waals surface area (Å²) in [7, 11) is 2.07. The van der Waals surface area contributed by atoms with Gasteiger partial charge in [0.15, 0.2) is 0 Å². The molecule has 1 aromatic rings. The number of nitrogens with one attached hydrogen (secondary N) is 1. The van der Waals surface area contributed by atoms with Crippen LogP contribution in [0, 0.1) is 5.92 Å². The van der Waals surface area contributed by atoms with Crippen LogP contribution in [-0.4, -0.2) is 7.05 Å². The van der Waals surface area contributed by atoms with Gasteiger partial charge in [-0.25, -0.2) is 0 Å². The topological polar surface area (TPSA) is 12.0 Å². The summed E-state index contributed by atoms with van der Waals surface area (Å²) >= 11 is 9.00. The Hall–Kier alpha value is 0.620. The van der Waals surface area contributed by atoms with Crippen LogP contribution in [0.2, 0.25) is 0 Å². The zero-order chi connectivity index (χ0) is 12.8. The van der Waals surface area contributed by atoms with Crippen LogP contribution in [0.5, 0.6) is 0 Å². The van der Waals surface area contributed by atoms with Gasteiger partial charge >= 0.3 is 0 Å². The minimum atomic E-state index is 0.462. The van der Waals surface area contributed by atoms with Crippen molar-refractivity contribution in [3.05, 3.63) is 19.2 Å². The zero-order valence-corrected chi connectivity index (χ0v) is 14.7. The highest BCUT2D eigenvalue weighted by Crippen LogP contribution is 2.39. The van der Waals surface area contributed by atoms with Crippen molar-refractivity contribution in [3.8, 4) is 0 Å². The highest BCUT2D eigenvalue weighted by atomic mass is 79.9. The first-order chi connectivity index (χ1) is 8.13. The Balaban J connectivity index is 2.84. The Morgan fingerprint density at radius 1 is 1.35 bits per heavy atom. The maximum absolute atomic E-state index is 3.67. The zero-order valence-electron chi connectivity index (χ0n) is 10.7. The molecule has 0 aliphatic rings. The van der Waals surface area contributed by atoms with Gasteiger partial charge in [0.2, 0.25) is 0 Å². The minimum Gasteiger partial charge on any atom is -0.313 e. The van der Waals surface area contributed by atoms with Gasteiger partial charge in [0.25, 0.3) is 0 Å². The highest BCUT2D eigenvalue weighted by molar-refractivity contribution is 9.12. The second-order valence-electron chi connectivity index (χ2n) is 4.36. The molecule has 17 heavy (non-hydrogen) atoms. The first kappa shape index (κ1) is 15.7. The van der Waals surface area contributed by atoms with E-state index in [1.165, 1.54) is 38.8 Å². The van der Waals surface area contributed by atoms with E-state index in [-0.39, 0.29) is 0 Å². The summed E-state index contributed by atoms with van der Waals surface area (Å²) in [6.07, 6.45) is 5.13. The molecule has 1 nitrogen and oxygen atoms in total. The molecule has 0 fully saturated rings. The summed E-state index contributed by atoms with van der Waals surface area (Å²) in [5.74, 6) is 0.720. The molecule has 98 valence electrons. The van der Waals surface area contributed by atoms with Gasteiger partial charge in [0.1, 0.15) is 0 Å². The highest BCUT2D eigenvalue weighted by Gasteiger charge is 2.23. The van der Waals surface area contributed by atoms with Crippen LogP contribution in [0.3, 0.4) is 0 Å². The first-order valence-electron chi connectivity index (χ1n) is 6.25. The summed E-state index contributed by atoms with van der Waals surface area (Å²) in [6, 6.07) is 2.70. The molecule has 0 aliphatic carbocycles. The molecule has 1 rings (SSSR count). The van der Waals surface area contributed by atoms with Crippen molar-refractivity contribution in [1.82, 2.24) is 5.32 Å². The standard InChI is InChI=1S/C13H21Br2NS/c1-4-6-7-9(5-2)12(16-3)10-8-11(14)17-13(10)15/h8-9,12,16H,4-7H2,1-3H3. The van der Waals surface area contributed by atoms with Gasteiger partial charge in [-0.15, -0.1) is 11.3 Å². The summed E-state index contributed by atoms with van der Waals surface area (Å²) in [5.41, 5.74) is 1.40. The lowest BCUT2D eigenvalue weighted by atomic mass is 9.88. The molecular formula is C13H21Br2NS. The van der Waals surface area contributed by atoms with Crippen LogP contribution in [0.4, 0.5) is 0 Å². The fraction of sp³-hybridized carbons (Fsp3) is 0.692. The Labute approximate surface area is 126 Å². The molecular weight excluding hydrogens is 362 g/mol. The SMILES string of the molecule is CCCCC(CC)C(NC)c1cc(Br)sc1Br. The summed E-state index contributed by atoms with van der Waals surface area (Å²) in [5, 5.41) is 3.49. The smallest absolute Gasteiger partial charge is 0.0758 e. The van der Waals surface area contributed by atoms with Crippen LogP contribution < -0.4 is 5.32 Å². The molecule has 1 heterocycles. The Kier molecular flexibility index (Phi) is 7.31. The van der Waals surface area contributed by atoms with Gasteiger partial charge in [-0.2, -0.15) is 0 Å². The summed E-state index contributed by atoms with van der Waals surface area (Å²) in [4.78, 5) is 0. The van der Waals surface area contributed by atoms with Crippen LogP contribution in [0.25, 0.3) is 0 Å². The van der Waals surface area contributed by atoms with Crippen molar-refractivity contribution < 1.29 is 0 Å².